The van der Waals surface area contributed by atoms with Gasteiger partial charge in [-0.15, -0.1) is 0 Å². The van der Waals surface area contributed by atoms with Crippen LogP contribution >= 0.6 is 23.2 Å². The third-order valence-corrected chi connectivity index (χ3v) is 5.37. The molecular formula is C18H24Cl2N4O2. The maximum atomic E-state index is 11.9. The molecule has 1 aliphatic heterocycles. The molecule has 1 heterocycles. The third-order valence-electron chi connectivity index (χ3n) is 4.81. The number of piperidine rings is 1. The Morgan fingerprint density at radius 3 is 2.38 bits per heavy atom. The van der Waals surface area contributed by atoms with E-state index in [-0.39, 0.29) is 11.1 Å². The summed E-state index contributed by atoms with van der Waals surface area (Å²) in [6.07, 6.45) is 2.62. The lowest BCUT2D eigenvalue weighted by Crippen LogP contribution is -2.59. The van der Waals surface area contributed by atoms with Gasteiger partial charge in [-0.05, 0) is 70.2 Å². The van der Waals surface area contributed by atoms with E-state index in [1.165, 1.54) is 0 Å². The molecule has 142 valence electrons. The molecule has 0 bridgehead atoms. The number of nitrogens with zero attached hydrogens (tertiary/aromatic N) is 4. The van der Waals surface area contributed by atoms with E-state index in [4.69, 9.17) is 33.6 Å². The predicted octanol–water partition coefficient (Wildman–Crippen LogP) is 5.89. The van der Waals surface area contributed by atoms with Crippen LogP contribution < -0.4 is 0 Å². The molecule has 0 spiro atoms. The monoisotopic (exact) mass is 398 g/mol. The zero-order valence-corrected chi connectivity index (χ0v) is 17.0. The first-order valence-corrected chi connectivity index (χ1v) is 9.29. The molecule has 1 saturated heterocycles. The van der Waals surface area contributed by atoms with Crippen LogP contribution in [0.3, 0.4) is 0 Å². The Bertz CT molecular complexity index is 701. The summed E-state index contributed by atoms with van der Waals surface area (Å²) in [5.74, 6) is 0. The van der Waals surface area contributed by atoms with E-state index in [0.29, 0.717) is 21.9 Å². The summed E-state index contributed by atoms with van der Waals surface area (Å²) in [6.45, 7) is 8.31. The van der Waals surface area contributed by atoms with Crippen molar-refractivity contribution in [3.63, 3.8) is 0 Å². The number of rotatable bonds is 6. The van der Waals surface area contributed by atoms with Gasteiger partial charge >= 0.3 is 0 Å². The molecule has 0 unspecified atom stereocenters. The molecule has 2 atom stereocenters. The van der Waals surface area contributed by atoms with Crippen molar-refractivity contribution in [3.8, 4) is 0 Å². The zero-order valence-electron chi connectivity index (χ0n) is 15.4. The van der Waals surface area contributed by atoms with Crippen molar-refractivity contribution in [3.05, 3.63) is 44.3 Å². The molecule has 0 N–H and O–H groups in total. The Balaban J connectivity index is 2.39. The molecule has 8 heteroatoms. The van der Waals surface area contributed by atoms with Crippen molar-refractivity contribution in [2.45, 2.75) is 70.2 Å². The molecule has 6 nitrogen and oxygen atoms in total. The Labute approximate surface area is 164 Å². The Morgan fingerprint density at radius 2 is 1.88 bits per heavy atom. The van der Waals surface area contributed by atoms with Gasteiger partial charge < -0.3 is 4.79 Å². The first kappa shape index (κ1) is 21.0. The van der Waals surface area contributed by atoms with Gasteiger partial charge in [0.25, 0.3) is 0 Å². The van der Waals surface area contributed by atoms with E-state index < -0.39 is 12.1 Å². The van der Waals surface area contributed by atoms with Gasteiger partial charge in [-0.25, -0.2) is 0 Å². The van der Waals surface area contributed by atoms with Crippen LogP contribution in [0.4, 0.5) is 0 Å². The highest BCUT2D eigenvalue weighted by Gasteiger charge is 2.44. The van der Waals surface area contributed by atoms with Crippen molar-refractivity contribution in [2.24, 2.45) is 5.11 Å². The van der Waals surface area contributed by atoms with Crippen LogP contribution in [0.15, 0.2) is 23.3 Å². The zero-order chi connectivity index (χ0) is 19.5. The molecule has 0 radical (unpaired) electrons. The molecule has 26 heavy (non-hydrogen) atoms. The van der Waals surface area contributed by atoms with Gasteiger partial charge in [-0.2, -0.15) is 5.06 Å². The molecule has 2 rings (SSSR count). The van der Waals surface area contributed by atoms with E-state index >= 15 is 0 Å². The summed E-state index contributed by atoms with van der Waals surface area (Å²) in [6, 6.07) is 3.95. The molecule has 0 aliphatic carbocycles. The Kier molecular flexibility index (Phi) is 6.59. The van der Waals surface area contributed by atoms with Gasteiger partial charge in [0.15, 0.2) is 6.29 Å². The number of hydrogen-bond acceptors (Lipinski definition) is 4. The average molecular weight is 399 g/mol. The van der Waals surface area contributed by atoms with Crippen LogP contribution in [0.1, 0.15) is 58.6 Å². The lowest BCUT2D eigenvalue weighted by atomic mass is 9.82. The van der Waals surface area contributed by atoms with Gasteiger partial charge in [0, 0.05) is 26.0 Å². The normalized spacial score (nSPS) is 21.5. The maximum absolute atomic E-state index is 11.9. The maximum Gasteiger partial charge on any atom is 0.151 e. The van der Waals surface area contributed by atoms with E-state index in [2.05, 4.69) is 37.7 Å². The highest BCUT2D eigenvalue weighted by molar-refractivity contribution is 6.35. The van der Waals surface area contributed by atoms with Gasteiger partial charge in [0.1, 0.15) is 6.10 Å². The van der Waals surface area contributed by atoms with Crippen LogP contribution in [0.25, 0.3) is 10.4 Å². The summed E-state index contributed by atoms with van der Waals surface area (Å²) in [5, 5.41) is 6.43. The second kappa shape index (κ2) is 8.15. The average Bonchev–Trinajstić information content (AvgIpc) is 2.53. The van der Waals surface area contributed by atoms with Gasteiger partial charge in [-0.1, -0.05) is 34.4 Å². The first-order valence-electron chi connectivity index (χ1n) is 8.54. The largest absolute Gasteiger partial charge is 0.300 e. The van der Waals surface area contributed by atoms with E-state index in [1.807, 2.05) is 5.06 Å². The second-order valence-corrected chi connectivity index (χ2v) is 8.64. The van der Waals surface area contributed by atoms with Crippen LogP contribution in [-0.2, 0) is 9.63 Å². The number of benzene rings is 1. The number of hydrogen-bond donors (Lipinski definition) is 0. The minimum Gasteiger partial charge on any atom is -0.300 e. The highest BCUT2D eigenvalue weighted by atomic mass is 35.5. The lowest BCUT2D eigenvalue weighted by molar-refractivity contribution is -0.299. The van der Waals surface area contributed by atoms with E-state index in [1.54, 1.807) is 18.2 Å². The van der Waals surface area contributed by atoms with Crippen molar-refractivity contribution >= 4 is 29.5 Å². The standard InChI is InChI=1S/C18H24Cl2N4O2/c1-17(2)8-5-9-18(3,4)24(17)26-15(11-25)16(22-23-21)13-7-6-12(19)10-14(13)20/h6-7,10-11,15-16H,5,8-9H2,1-4H3/t15-,16+/m0/s1. The van der Waals surface area contributed by atoms with Crippen LogP contribution in [0.2, 0.25) is 10.0 Å². The van der Waals surface area contributed by atoms with Crippen molar-refractivity contribution in [1.82, 2.24) is 5.06 Å². The van der Waals surface area contributed by atoms with Crippen LogP contribution in [0.5, 0.6) is 0 Å². The fourth-order valence-electron chi connectivity index (χ4n) is 3.64. The number of azide groups is 1. The molecule has 1 aromatic carbocycles. The fourth-order valence-corrected chi connectivity index (χ4v) is 4.16. The Hall–Kier alpha value is -1.30. The molecule has 0 saturated carbocycles. The number of halogens is 2. The van der Waals surface area contributed by atoms with Crippen molar-refractivity contribution < 1.29 is 9.63 Å². The lowest BCUT2D eigenvalue weighted by Gasteiger charge is -2.52. The first-order chi connectivity index (χ1) is 12.1. The molecular weight excluding hydrogens is 375 g/mol. The Morgan fingerprint density at radius 1 is 1.27 bits per heavy atom. The second-order valence-electron chi connectivity index (χ2n) is 7.79. The summed E-state index contributed by atoms with van der Waals surface area (Å²) < 4.78 is 0. The number of carbonyl (C=O) groups is 1. The minimum atomic E-state index is -0.999. The van der Waals surface area contributed by atoms with Gasteiger partial charge in [0.05, 0.1) is 6.04 Å². The summed E-state index contributed by atoms with van der Waals surface area (Å²) in [5.41, 5.74) is 8.99. The predicted molar refractivity (Wildman–Crippen MR) is 103 cm³/mol. The molecule has 0 amide bonds. The van der Waals surface area contributed by atoms with Crippen molar-refractivity contribution in [2.75, 3.05) is 0 Å². The van der Waals surface area contributed by atoms with Crippen LogP contribution in [0, 0.1) is 0 Å². The van der Waals surface area contributed by atoms with Crippen molar-refractivity contribution in [1.29, 1.82) is 0 Å². The summed E-state index contributed by atoms with van der Waals surface area (Å²) >= 11 is 12.2. The smallest absolute Gasteiger partial charge is 0.151 e. The van der Waals surface area contributed by atoms with Gasteiger partial charge in [0.2, 0.25) is 0 Å². The number of hydroxylamine groups is 2. The summed E-state index contributed by atoms with van der Waals surface area (Å²) in [4.78, 5) is 20.9. The fraction of sp³-hybridized carbons (Fsp3) is 0.611. The molecule has 1 fully saturated rings. The van der Waals surface area contributed by atoms with E-state index in [0.717, 1.165) is 19.3 Å². The third kappa shape index (κ3) is 4.51. The topological polar surface area (TPSA) is 78.3 Å². The number of aldehydes is 1. The number of carbonyl (C=O) groups excluding carboxylic acids is 1. The highest BCUT2D eigenvalue weighted by Crippen LogP contribution is 2.40. The minimum absolute atomic E-state index is 0.256. The molecule has 1 aromatic rings. The van der Waals surface area contributed by atoms with E-state index in [9.17, 15) is 4.79 Å². The molecule has 0 aromatic heterocycles. The van der Waals surface area contributed by atoms with Crippen LogP contribution in [-0.4, -0.2) is 28.5 Å². The quantitative estimate of drug-likeness (QED) is 0.259. The summed E-state index contributed by atoms with van der Waals surface area (Å²) in [7, 11) is 0. The SMILES string of the molecule is CC1(C)CCCC(C)(C)N1O[C@@H](C=O)[C@H](N=[N+]=[N-])c1ccc(Cl)cc1Cl. The van der Waals surface area contributed by atoms with Gasteiger partial charge in [-0.3, -0.25) is 4.84 Å². The molecule has 1 aliphatic rings.